The number of hydrogen-bond donors (Lipinski definition) is 1. The Labute approximate surface area is 134 Å². The van der Waals surface area contributed by atoms with E-state index in [1.165, 1.54) is 29.2 Å². The molecule has 0 aromatic heterocycles. The number of nitrogens with one attached hydrogen (secondary N) is 1. The Bertz CT molecular complexity index is 608. The molecule has 0 spiro atoms. The summed E-state index contributed by atoms with van der Waals surface area (Å²) in [7, 11) is 3.37. The van der Waals surface area contributed by atoms with E-state index >= 15 is 0 Å². The van der Waals surface area contributed by atoms with Gasteiger partial charge in [0.2, 0.25) is 5.91 Å². The Balaban J connectivity index is 2.33. The molecule has 122 valence electrons. The Kier molecular flexibility index (Phi) is 5.45. The maximum absolute atomic E-state index is 13.2. The molecule has 3 nitrogen and oxygen atoms in total. The van der Waals surface area contributed by atoms with Gasteiger partial charge >= 0.3 is 0 Å². The Morgan fingerprint density at radius 3 is 1.65 bits per heavy atom. The maximum atomic E-state index is 13.2. The zero-order valence-corrected chi connectivity index (χ0v) is 13.4. The van der Waals surface area contributed by atoms with E-state index in [-0.39, 0.29) is 23.6 Å². The molecule has 0 radical (unpaired) electrons. The summed E-state index contributed by atoms with van der Waals surface area (Å²) < 4.78 is 26.3. The van der Waals surface area contributed by atoms with Crippen molar-refractivity contribution >= 4 is 5.91 Å². The summed E-state index contributed by atoms with van der Waals surface area (Å²) in [6.07, 6.45) is 0. The predicted octanol–water partition coefficient (Wildman–Crippen LogP) is 3.12. The number of hydrogen-bond acceptors (Lipinski definition) is 2. The third-order valence-corrected chi connectivity index (χ3v) is 3.63. The van der Waals surface area contributed by atoms with Crippen LogP contribution in [0, 0.1) is 11.6 Å². The van der Waals surface area contributed by atoms with Crippen molar-refractivity contribution < 1.29 is 13.6 Å². The number of benzene rings is 2. The SMILES string of the molecule is C[C@H](NC(c1ccc(F)cc1)c1ccc(F)cc1)C(=O)N(C)C. The molecule has 1 atom stereocenters. The topological polar surface area (TPSA) is 32.3 Å². The molecule has 1 amide bonds. The highest BCUT2D eigenvalue weighted by molar-refractivity contribution is 5.81. The fraction of sp³-hybridized carbons (Fsp3) is 0.278. The second-order valence-corrected chi connectivity index (χ2v) is 5.66. The standard InChI is InChI=1S/C18H20F2N2O/c1-12(18(23)22(2)3)21-17(13-4-8-15(19)9-5-13)14-6-10-16(20)11-7-14/h4-12,17,21H,1-3H3/t12-/m0/s1. The lowest BCUT2D eigenvalue weighted by Crippen LogP contribution is -2.43. The molecule has 0 aliphatic rings. The maximum Gasteiger partial charge on any atom is 0.238 e. The van der Waals surface area contributed by atoms with Gasteiger partial charge in [-0.25, -0.2) is 8.78 Å². The normalized spacial score (nSPS) is 12.3. The van der Waals surface area contributed by atoms with Crippen LogP contribution in [0.25, 0.3) is 0 Å². The highest BCUT2D eigenvalue weighted by atomic mass is 19.1. The molecule has 0 fully saturated rings. The number of nitrogens with zero attached hydrogens (tertiary/aromatic N) is 1. The molecule has 0 aliphatic carbocycles. The lowest BCUT2D eigenvalue weighted by Gasteiger charge is -2.25. The van der Waals surface area contributed by atoms with Gasteiger partial charge in [-0.05, 0) is 42.3 Å². The van der Waals surface area contributed by atoms with Gasteiger partial charge in [0, 0.05) is 14.1 Å². The molecule has 5 heteroatoms. The molecule has 2 rings (SSSR count). The third-order valence-electron chi connectivity index (χ3n) is 3.63. The van der Waals surface area contributed by atoms with Crippen LogP contribution in [0.1, 0.15) is 24.1 Å². The van der Waals surface area contributed by atoms with Crippen molar-refractivity contribution in [2.24, 2.45) is 0 Å². The molecule has 0 bridgehead atoms. The second kappa shape index (κ2) is 7.33. The number of carbonyl (C=O) groups is 1. The van der Waals surface area contributed by atoms with Crippen molar-refractivity contribution in [2.75, 3.05) is 14.1 Å². The fourth-order valence-electron chi connectivity index (χ4n) is 2.40. The quantitative estimate of drug-likeness (QED) is 0.919. The zero-order chi connectivity index (χ0) is 17.0. The summed E-state index contributed by atoms with van der Waals surface area (Å²) in [6, 6.07) is 11.3. The molecule has 0 saturated carbocycles. The number of likely N-dealkylation sites (N-methyl/N-ethyl adjacent to an activating group) is 1. The first-order valence-electron chi connectivity index (χ1n) is 7.36. The molecule has 1 N–H and O–H groups in total. The van der Waals surface area contributed by atoms with Crippen LogP contribution in [0.15, 0.2) is 48.5 Å². The van der Waals surface area contributed by atoms with Crippen LogP contribution in [0.4, 0.5) is 8.78 Å². The van der Waals surface area contributed by atoms with E-state index in [4.69, 9.17) is 0 Å². The average molecular weight is 318 g/mol. The van der Waals surface area contributed by atoms with Gasteiger partial charge in [0.1, 0.15) is 11.6 Å². The summed E-state index contributed by atoms with van der Waals surface area (Å²) in [4.78, 5) is 13.6. The fourth-order valence-corrected chi connectivity index (χ4v) is 2.40. The van der Waals surface area contributed by atoms with Crippen molar-refractivity contribution in [2.45, 2.75) is 19.0 Å². The van der Waals surface area contributed by atoms with Crippen LogP contribution < -0.4 is 5.32 Å². The Morgan fingerprint density at radius 1 is 0.913 bits per heavy atom. The van der Waals surface area contributed by atoms with Crippen LogP contribution in [0.2, 0.25) is 0 Å². The monoisotopic (exact) mass is 318 g/mol. The number of halogens is 2. The molecule has 0 heterocycles. The summed E-state index contributed by atoms with van der Waals surface area (Å²) in [6.45, 7) is 1.77. The van der Waals surface area contributed by atoms with Crippen molar-refractivity contribution in [3.8, 4) is 0 Å². The van der Waals surface area contributed by atoms with Gasteiger partial charge in [0.25, 0.3) is 0 Å². The highest BCUT2D eigenvalue weighted by Gasteiger charge is 2.21. The average Bonchev–Trinajstić information content (AvgIpc) is 2.53. The summed E-state index contributed by atoms with van der Waals surface area (Å²) in [5.74, 6) is -0.729. The smallest absolute Gasteiger partial charge is 0.238 e. The molecular formula is C18H20F2N2O. The van der Waals surface area contributed by atoms with E-state index in [0.717, 1.165) is 11.1 Å². The number of rotatable bonds is 5. The summed E-state index contributed by atoms with van der Waals surface area (Å²) in [5.41, 5.74) is 1.60. The minimum atomic E-state index is -0.440. The third kappa shape index (κ3) is 4.36. The largest absolute Gasteiger partial charge is 0.347 e. The van der Waals surface area contributed by atoms with Crippen molar-refractivity contribution in [1.29, 1.82) is 0 Å². The van der Waals surface area contributed by atoms with Crippen LogP contribution in [-0.2, 0) is 4.79 Å². The van der Waals surface area contributed by atoms with Gasteiger partial charge in [0.05, 0.1) is 12.1 Å². The van der Waals surface area contributed by atoms with Crippen molar-refractivity contribution in [1.82, 2.24) is 10.2 Å². The van der Waals surface area contributed by atoms with Gasteiger partial charge in [-0.15, -0.1) is 0 Å². The first-order valence-corrected chi connectivity index (χ1v) is 7.36. The van der Waals surface area contributed by atoms with Gasteiger partial charge in [0.15, 0.2) is 0 Å². The lowest BCUT2D eigenvalue weighted by molar-refractivity contribution is -0.130. The summed E-state index contributed by atoms with van der Waals surface area (Å²) >= 11 is 0. The predicted molar refractivity (Wildman–Crippen MR) is 85.9 cm³/mol. The molecular weight excluding hydrogens is 298 g/mol. The number of amides is 1. The Hall–Kier alpha value is -2.27. The van der Waals surface area contributed by atoms with E-state index in [9.17, 15) is 13.6 Å². The van der Waals surface area contributed by atoms with E-state index in [1.807, 2.05) is 0 Å². The minimum absolute atomic E-state index is 0.0702. The number of carbonyl (C=O) groups excluding carboxylic acids is 1. The van der Waals surface area contributed by atoms with Crippen molar-refractivity contribution in [3.05, 3.63) is 71.3 Å². The van der Waals surface area contributed by atoms with E-state index in [0.29, 0.717) is 0 Å². The van der Waals surface area contributed by atoms with E-state index < -0.39 is 6.04 Å². The van der Waals surface area contributed by atoms with E-state index in [2.05, 4.69) is 5.32 Å². The van der Waals surface area contributed by atoms with Gasteiger partial charge in [-0.3, -0.25) is 10.1 Å². The second-order valence-electron chi connectivity index (χ2n) is 5.66. The highest BCUT2D eigenvalue weighted by Crippen LogP contribution is 2.23. The molecule has 2 aromatic carbocycles. The molecule has 23 heavy (non-hydrogen) atoms. The Morgan fingerprint density at radius 2 is 1.30 bits per heavy atom. The zero-order valence-electron chi connectivity index (χ0n) is 13.4. The first-order chi connectivity index (χ1) is 10.9. The molecule has 0 aliphatic heterocycles. The van der Waals surface area contributed by atoms with Crippen LogP contribution in [0.3, 0.4) is 0 Å². The summed E-state index contributed by atoms with van der Waals surface area (Å²) in [5, 5.41) is 3.23. The first kappa shape index (κ1) is 17.1. The van der Waals surface area contributed by atoms with Crippen LogP contribution in [0.5, 0.6) is 0 Å². The molecule has 0 saturated heterocycles. The van der Waals surface area contributed by atoms with Crippen LogP contribution in [-0.4, -0.2) is 30.9 Å². The minimum Gasteiger partial charge on any atom is -0.347 e. The van der Waals surface area contributed by atoms with Gasteiger partial charge in [-0.2, -0.15) is 0 Å². The van der Waals surface area contributed by atoms with Gasteiger partial charge in [-0.1, -0.05) is 24.3 Å². The molecule has 2 aromatic rings. The van der Waals surface area contributed by atoms with Gasteiger partial charge < -0.3 is 4.90 Å². The molecule has 0 unspecified atom stereocenters. The van der Waals surface area contributed by atoms with Crippen molar-refractivity contribution in [3.63, 3.8) is 0 Å². The van der Waals surface area contributed by atoms with E-state index in [1.54, 1.807) is 45.3 Å². The lowest BCUT2D eigenvalue weighted by atomic mass is 9.97. The van der Waals surface area contributed by atoms with Crippen LogP contribution >= 0.6 is 0 Å².